The van der Waals surface area contributed by atoms with Crippen LogP contribution in [0.15, 0.2) is 9.85 Å². The van der Waals surface area contributed by atoms with E-state index in [0.29, 0.717) is 6.04 Å². The van der Waals surface area contributed by atoms with E-state index in [9.17, 15) is 0 Å². The maximum Gasteiger partial charge on any atom is 0.0704 e. The first-order chi connectivity index (χ1) is 8.22. The molecule has 3 heteroatoms. The minimum absolute atomic E-state index is 0.572. The van der Waals surface area contributed by atoms with Crippen molar-refractivity contribution in [1.82, 2.24) is 5.32 Å². The van der Waals surface area contributed by atoms with Gasteiger partial charge >= 0.3 is 0 Å². The molecule has 0 saturated heterocycles. The summed E-state index contributed by atoms with van der Waals surface area (Å²) in [6.07, 6.45) is 7.05. The van der Waals surface area contributed by atoms with Crippen LogP contribution in [0.4, 0.5) is 0 Å². The summed E-state index contributed by atoms with van der Waals surface area (Å²) in [6, 6.07) is 2.89. The van der Waals surface area contributed by atoms with Crippen LogP contribution in [0.3, 0.4) is 0 Å². The maximum atomic E-state index is 3.71. The first kappa shape index (κ1) is 13.6. The van der Waals surface area contributed by atoms with Crippen LogP contribution in [0, 0.1) is 12.8 Å². The minimum Gasteiger partial charge on any atom is -0.310 e. The van der Waals surface area contributed by atoms with Gasteiger partial charge in [0.1, 0.15) is 0 Å². The normalized spacial score (nSPS) is 19.5. The van der Waals surface area contributed by atoms with E-state index in [1.807, 2.05) is 11.3 Å². The first-order valence-electron chi connectivity index (χ1n) is 6.71. The third kappa shape index (κ3) is 3.33. The lowest BCUT2D eigenvalue weighted by Crippen LogP contribution is -2.29. The van der Waals surface area contributed by atoms with Crippen molar-refractivity contribution in [2.45, 2.75) is 52.0 Å². The van der Waals surface area contributed by atoms with Gasteiger partial charge in [-0.25, -0.2) is 0 Å². The Hall–Kier alpha value is 0.140. The molecule has 1 nitrogen and oxygen atoms in total. The van der Waals surface area contributed by atoms with Crippen LogP contribution in [-0.2, 0) is 0 Å². The Labute approximate surface area is 117 Å². The zero-order valence-corrected chi connectivity index (χ0v) is 13.2. The van der Waals surface area contributed by atoms with Crippen molar-refractivity contribution in [3.8, 4) is 0 Å². The van der Waals surface area contributed by atoms with E-state index in [4.69, 9.17) is 0 Å². The Morgan fingerprint density at radius 3 is 2.65 bits per heavy atom. The number of nitrogens with one attached hydrogen (secondary N) is 1. The summed E-state index contributed by atoms with van der Waals surface area (Å²) in [4.78, 5) is 1.47. The third-order valence-electron chi connectivity index (χ3n) is 3.81. The van der Waals surface area contributed by atoms with Crippen LogP contribution in [0.1, 0.15) is 55.5 Å². The lowest BCUT2D eigenvalue weighted by Gasteiger charge is -2.31. The highest BCUT2D eigenvalue weighted by Crippen LogP contribution is 2.39. The zero-order chi connectivity index (χ0) is 12.3. The molecule has 0 aromatic carbocycles. The van der Waals surface area contributed by atoms with E-state index >= 15 is 0 Å². The zero-order valence-electron chi connectivity index (χ0n) is 10.8. The predicted molar refractivity (Wildman–Crippen MR) is 79.7 cm³/mol. The van der Waals surface area contributed by atoms with Gasteiger partial charge in [-0.05, 0) is 59.8 Å². The summed E-state index contributed by atoms with van der Waals surface area (Å²) in [6.45, 7) is 5.53. The van der Waals surface area contributed by atoms with Crippen LogP contribution in [-0.4, -0.2) is 6.54 Å². The largest absolute Gasteiger partial charge is 0.310 e. The van der Waals surface area contributed by atoms with Crippen molar-refractivity contribution >= 4 is 27.3 Å². The van der Waals surface area contributed by atoms with Crippen molar-refractivity contribution in [2.24, 2.45) is 5.92 Å². The fourth-order valence-electron chi connectivity index (χ4n) is 2.99. The molecule has 1 saturated carbocycles. The molecular weight excluding hydrogens is 294 g/mol. The summed E-state index contributed by atoms with van der Waals surface area (Å²) in [7, 11) is 0. The topological polar surface area (TPSA) is 12.0 Å². The molecule has 2 rings (SSSR count). The Morgan fingerprint density at radius 2 is 2.12 bits per heavy atom. The molecule has 17 heavy (non-hydrogen) atoms. The number of hydrogen-bond acceptors (Lipinski definition) is 2. The van der Waals surface area contributed by atoms with Crippen molar-refractivity contribution < 1.29 is 0 Å². The van der Waals surface area contributed by atoms with Crippen LogP contribution >= 0.6 is 27.3 Å². The van der Waals surface area contributed by atoms with Gasteiger partial charge in [-0.2, -0.15) is 0 Å². The van der Waals surface area contributed by atoms with Gasteiger partial charge in [0.25, 0.3) is 0 Å². The van der Waals surface area contributed by atoms with Gasteiger partial charge in [-0.1, -0.05) is 26.2 Å². The Kier molecular flexibility index (Phi) is 5.07. The number of thiophene rings is 1. The van der Waals surface area contributed by atoms with Crippen LogP contribution in [0.5, 0.6) is 0 Å². The number of hydrogen-bond donors (Lipinski definition) is 1. The minimum atomic E-state index is 0.572. The quantitative estimate of drug-likeness (QED) is 0.819. The smallest absolute Gasteiger partial charge is 0.0704 e. The van der Waals surface area contributed by atoms with Crippen molar-refractivity contribution in [3.63, 3.8) is 0 Å². The predicted octanol–water partition coefficient (Wildman–Crippen LogP) is 5.05. The highest BCUT2D eigenvalue weighted by molar-refractivity contribution is 9.11. The van der Waals surface area contributed by atoms with Gasteiger partial charge in [0, 0.05) is 10.9 Å². The molecule has 0 bridgehead atoms. The van der Waals surface area contributed by atoms with Gasteiger partial charge in [-0.15, -0.1) is 11.3 Å². The number of aryl methyl sites for hydroxylation is 1. The van der Waals surface area contributed by atoms with Crippen LogP contribution in [0.25, 0.3) is 0 Å². The standard InChI is InChI=1S/C14H22BrNS/c1-3-16-14(11-7-5-4-6-8-11)12-9-13(15)17-10(12)2/h9,11,14,16H,3-8H2,1-2H3. The van der Waals surface area contributed by atoms with E-state index in [1.54, 1.807) is 0 Å². The number of rotatable bonds is 4. The molecule has 0 aliphatic heterocycles. The van der Waals surface area contributed by atoms with Gasteiger partial charge in [-0.3, -0.25) is 0 Å². The fourth-order valence-corrected chi connectivity index (χ4v) is 4.74. The Morgan fingerprint density at radius 1 is 1.41 bits per heavy atom. The van der Waals surface area contributed by atoms with Gasteiger partial charge in [0.05, 0.1) is 3.79 Å². The highest BCUT2D eigenvalue weighted by Gasteiger charge is 2.26. The van der Waals surface area contributed by atoms with Gasteiger partial charge in [0.15, 0.2) is 0 Å². The van der Waals surface area contributed by atoms with Gasteiger partial charge < -0.3 is 5.32 Å². The number of halogens is 1. The second kappa shape index (κ2) is 6.35. The monoisotopic (exact) mass is 315 g/mol. The molecule has 1 aromatic rings. The molecule has 1 aliphatic rings. The molecule has 0 amide bonds. The van der Waals surface area contributed by atoms with E-state index in [1.165, 1.54) is 46.3 Å². The summed E-state index contributed by atoms with van der Waals surface area (Å²) < 4.78 is 1.27. The van der Waals surface area contributed by atoms with E-state index < -0.39 is 0 Å². The van der Waals surface area contributed by atoms with Crippen molar-refractivity contribution in [3.05, 3.63) is 20.3 Å². The fraction of sp³-hybridized carbons (Fsp3) is 0.714. The lowest BCUT2D eigenvalue weighted by molar-refractivity contribution is 0.274. The third-order valence-corrected chi connectivity index (χ3v) is 5.38. The van der Waals surface area contributed by atoms with E-state index in [0.717, 1.165) is 12.5 Å². The Balaban J connectivity index is 2.18. The first-order valence-corrected chi connectivity index (χ1v) is 8.32. The molecule has 1 unspecified atom stereocenters. The Bertz CT molecular complexity index is 355. The summed E-state index contributed by atoms with van der Waals surface area (Å²) >= 11 is 5.48. The van der Waals surface area contributed by atoms with E-state index in [2.05, 4.69) is 41.2 Å². The molecule has 1 aliphatic carbocycles. The molecule has 1 atom stereocenters. The lowest BCUT2D eigenvalue weighted by atomic mass is 9.81. The summed E-state index contributed by atoms with van der Waals surface area (Å²) in [5.41, 5.74) is 1.52. The molecule has 0 radical (unpaired) electrons. The van der Waals surface area contributed by atoms with E-state index in [-0.39, 0.29) is 0 Å². The maximum absolute atomic E-state index is 3.71. The second-order valence-corrected chi connectivity index (χ2v) is 7.63. The molecule has 0 spiro atoms. The van der Waals surface area contributed by atoms with Crippen molar-refractivity contribution in [2.75, 3.05) is 6.54 Å². The van der Waals surface area contributed by atoms with Gasteiger partial charge in [0.2, 0.25) is 0 Å². The second-order valence-electron chi connectivity index (χ2n) is 5.00. The molecule has 1 aromatic heterocycles. The summed E-state index contributed by atoms with van der Waals surface area (Å²) in [5.74, 6) is 0.837. The molecule has 1 fully saturated rings. The highest BCUT2D eigenvalue weighted by atomic mass is 79.9. The summed E-state index contributed by atoms with van der Waals surface area (Å²) in [5, 5.41) is 3.71. The van der Waals surface area contributed by atoms with Crippen molar-refractivity contribution in [1.29, 1.82) is 0 Å². The molecule has 96 valence electrons. The average Bonchev–Trinajstić information content (AvgIpc) is 2.66. The van der Waals surface area contributed by atoms with Crippen LogP contribution < -0.4 is 5.32 Å². The molecule has 1 heterocycles. The molecule has 1 N–H and O–H groups in total. The SMILES string of the molecule is CCNC(c1cc(Br)sc1C)C1CCCCC1. The van der Waals surface area contributed by atoms with Crippen LogP contribution in [0.2, 0.25) is 0 Å². The molecular formula is C14H22BrNS. The average molecular weight is 316 g/mol.